The van der Waals surface area contributed by atoms with Gasteiger partial charge in [-0.25, -0.2) is 9.78 Å². The topological polar surface area (TPSA) is 55.1 Å². The molecule has 0 bridgehead atoms. The Morgan fingerprint density at radius 3 is 2.50 bits per heavy atom. The van der Waals surface area contributed by atoms with Gasteiger partial charge in [0.05, 0.1) is 5.52 Å². The molecule has 6 nitrogen and oxygen atoms in total. The lowest BCUT2D eigenvalue weighted by Crippen LogP contribution is -2.44. The van der Waals surface area contributed by atoms with E-state index < -0.39 is 0 Å². The second-order valence-electron chi connectivity index (χ2n) is 10.5. The Labute approximate surface area is 200 Å². The van der Waals surface area contributed by atoms with Crippen molar-refractivity contribution in [2.24, 2.45) is 12.5 Å². The third kappa shape index (κ3) is 4.38. The number of nitrogens with zero attached hydrogens (tertiary/aromatic N) is 4. The minimum absolute atomic E-state index is 0.000234. The van der Waals surface area contributed by atoms with Crippen LogP contribution in [0.4, 0.5) is 11.5 Å². The molecule has 1 atom stereocenters. The predicted octanol–water partition coefficient (Wildman–Crippen LogP) is 4.63. The summed E-state index contributed by atoms with van der Waals surface area (Å²) in [6, 6.07) is 23.5. The lowest BCUT2D eigenvalue weighted by molar-refractivity contribution is 0.342. The van der Waals surface area contributed by atoms with Gasteiger partial charge in [0.15, 0.2) is 5.65 Å². The molecule has 1 aliphatic rings. The van der Waals surface area contributed by atoms with Crippen LogP contribution >= 0.6 is 0 Å². The summed E-state index contributed by atoms with van der Waals surface area (Å²) in [5.74, 6) is 0.870. The molecule has 6 heteroatoms. The van der Waals surface area contributed by atoms with Crippen molar-refractivity contribution < 1.29 is 0 Å². The normalized spacial score (nSPS) is 16.1. The smallest absolute Gasteiger partial charge is 0.324 e. The second kappa shape index (κ2) is 8.76. The number of para-hydroxylation sites is 1. The van der Waals surface area contributed by atoms with Crippen LogP contribution < -0.4 is 15.9 Å². The molecule has 0 amide bonds. The summed E-state index contributed by atoms with van der Waals surface area (Å²) in [6.07, 6.45) is 0.974. The number of hydrogen-bond acceptors (Lipinski definition) is 4. The number of benzene rings is 2. The van der Waals surface area contributed by atoms with Gasteiger partial charge in [0.25, 0.3) is 0 Å². The molecule has 3 heterocycles. The Morgan fingerprint density at radius 2 is 1.74 bits per heavy atom. The van der Waals surface area contributed by atoms with Crippen LogP contribution in [0.2, 0.25) is 0 Å². The second-order valence-corrected chi connectivity index (χ2v) is 10.5. The van der Waals surface area contributed by atoms with E-state index in [0.29, 0.717) is 12.6 Å². The van der Waals surface area contributed by atoms with Crippen LogP contribution in [0.3, 0.4) is 0 Å². The summed E-state index contributed by atoms with van der Waals surface area (Å²) in [6.45, 7) is 8.74. The maximum atomic E-state index is 13.0. The van der Waals surface area contributed by atoms with Crippen molar-refractivity contribution in [3.63, 3.8) is 0 Å². The fourth-order valence-electron chi connectivity index (χ4n) is 4.85. The number of imidazole rings is 1. The molecule has 0 radical (unpaired) electrons. The van der Waals surface area contributed by atoms with Gasteiger partial charge in [0.2, 0.25) is 0 Å². The van der Waals surface area contributed by atoms with Crippen molar-refractivity contribution in [3.05, 3.63) is 88.3 Å². The summed E-state index contributed by atoms with van der Waals surface area (Å²) in [4.78, 5) is 20.3. The van der Waals surface area contributed by atoms with Crippen LogP contribution in [0.5, 0.6) is 0 Å². The maximum absolute atomic E-state index is 13.0. The molecule has 2 aromatic carbocycles. The maximum Gasteiger partial charge on any atom is 0.330 e. The Hall–Kier alpha value is -3.38. The highest BCUT2D eigenvalue weighted by Gasteiger charge is 2.27. The molecule has 0 aliphatic carbocycles. The van der Waals surface area contributed by atoms with Gasteiger partial charge in [-0.1, -0.05) is 69.3 Å². The zero-order chi connectivity index (χ0) is 23.9. The number of rotatable bonds is 5. The SMILES string of the molecule is Cn1c(=O)n(CC(C)(C)C)c2ccc(N3CC(NCc4ccccc4)Cc4ccccc43)nc21. The van der Waals surface area contributed by atoms with Crippen molar-refractivity contribution in [3.8, 4) is 0 Å². The lowest BCUT2D eigenvalue weighted by atomic mass is 9.97. The molecule has 1 unspecified atom stereocenters. The molecule has 5 rings (SSSR count). The highest BCUT2D eigenvalue weighted by atomic mass is 16.1. The summed E-state index contributed by atoms with van der Waals surface area (Å²) < 4.78 is 3.52. The molecular formula is C28H33N5O. The van der Waals surface area contributed by atoms with E-state index in [2.05, 4.69) is 91.7 Å². The molecule has 0 fully saturated rings. The fourth-order valence-corrected chi connectivity index (χ4v) is 4.85. The first-order valence-corrected chi connectivity index (χ1v) is 12.0. The van der Waals surface area contributed by atoms with Crippen LogP contribution in [0.15, 0.2) is 71.5 Å². The van der Waals surface area contributed by atoms with Gasteiger partial charge >= 0.3 is 5.69 Å². The average molecular weight is 456 g/mol. The number of pyridine rings is 1. The number of hydrogen-bond donors (Lipinski definition) is 1. The van der Waals surface area contributed by atoms with Crippen molar-refractivity contribution in [2.45, 2.75) is 46.3 Å². The first-order valence-electron chi connectivity index (χ1n) is 12.0. The Bertz CT molecular complexity index is 1360. The number of fused-ring (bicyclic) bond motifs is 2. The molecule has 1 N–H and O–H groups in total. The highest BCUT2D eigenvalue weighted by molar-refractivity contribution is 5.76. The van der Waals surface area contributed by atoms with Crippen LogP contribution in [-0.2, 0) is 26.6 Å². The van der Waals surface area contributed by atoms with Crippen LogP contribution in [0, 0.1) is 5.41 Å². The highest BCUT2D eigenvalue weighted by Crippen LogP contribution is 2.33. The largest absolute Gasteiger partial charge is 0.330 e. The summed E-state index contributed by atoms with van der Waals surface area (Å²) in [5.41, 5.74) is 5.37. The molecule has 0 saturated carbocycles. The van der Waals surface area contributed by atoms with Crippen LogP contribution in [-0.4, -0.2) is 26.7 Å². The molecule has 176 valence electrons. The fraction of sp³-hybridized carbons (Fsp3) is 0.357. The molecule has 4 aromatic rings. The van der Waals surface area contributed by atoms with E-state index in [1.807, 2.05) is 17.7 Å². The van der Waals surface area contributed by atoms with E-state index in [1.54, 1.807) is 4.57 Å². The lowest BCUT2D eigenvalue weighted by Gasteiger charge is -2.36. The van der Waals surface area contributed by atoms with Gasteiger partial charge < -0.3 is 10.2 Å². The Kier molecular flexibility index (Phi) is 5.78. The van der Waals surface area contributed by atoms with Gasteiger partial charge in [0, 0.05) is 38.4 Å². The Balaban J connectivity index is 1.49. The van der Waals surface area contributed by atoms with E-state index in [1.165, 1.54) is 16.8 Å². The first-order chi connectivity index (χ1) is 16.3. The standard InChI is InChI=1S/C28H33N5O/c1-28(2,3)19-33-24-14-15-25(30-26(24)31(4)27(33)34)32-18-22(16-21-12-8-9-13-23(21)32)29-17-20-10-6-5-7-11-20/h5-15,22,29H,16-19H2,1-4H3. The predicted molar refractivity (Wildman–Crippen MR) is 139 cm³/mol. The van der Waals surface area contributed by atoms with Crippen LogP contribution in [0.25, 0.3) is 11.2 Å². The summed E-state index contributed by atoms with van der Waals surface area (Å²) in [5, 5.41) is 3.74. The summed E-state index contributed by atoms with van der Waals surface area (Å²) >= 11 is 0. The third-order valence-electron chi connectivity index (χ3n) is 6.46. The number of nitrogens with one attached hydrogen (secondary N) is 1. The van der Waals surface area contributed by atoms with E-state index in [4.69, 9.17) is 4.98 Å². The minimum atomic E-state index is -0.0176. The first kappa shape index (κ1) is 22.4. The molecule has 0 saturated heterocycles. The third-order valence-corrected chi connectivity index (χ3v) is 6.46. The van der Waals surface area contributed by atoms with Gasteiger partial charge in [-0.05, 0) is 41.2 Å². The van der Waals surface area contributed by atoms with Gasteiger partial charge in [-0.3, -0.25) is 9.13 Å². The number of aromatic nitrogens is 3. The monoisotopic (exact) mass is 455 g/mol. The molecule has 1 aliphatic heterocycles. The Morgan fingerprint density at radius 1 is 1.00 bits per heavy atom. The van der Waals surface area contributed by atoms with E-state index in [9.17, 15) is 4.79 Å². The minimum Gasteiger partial charge on any atom is -0.324 e. The quantitative estimate of drug-likeness (QED) is 0.477. The summed E-state index contributed by atoms with van der Waals surface area (Å²) in [7, 11) is 1.81. The molecule has 2 aromatic heterocycles. The zero-order valence-corrected chi connectivity index (χ0v) is 20.5. The van der Waals surface area contributed by atoms with Gasteiger partial charge in [-0.15, -0.1) is 0 Å². The van der Waals surface area contributed by atoms with Crippen molar-refractivity contribution >= 4 is 22.7 Å². The molecular weight excluding hydrogens is 422 g/mol. The van der Waals surface area contributed by atoms with E-state index in [0.717, 1.165) is 36.5 Å². The van der Waals surface area contributed by atoms with Gasteiger partial charge in [0.1, 0.15) is 5.82 Å². The molecule has 34 heavy (non-hydrogen) atoms. The van der Waals surface area contributed by atoms with E-state index in [-0.39, 0.29) is 11.1 Å². The van der Waals surface area contributed by atoms with Gasteiger partial charge in [-0.2, -0.15) is 0 Å². The van der Waals surface area contributed by atoms with Crippen molar-refractivity contribution in [1.82, 2.24) is 19.4 Å². The van der Waals surface area contributed by atoms with Crippen molar-refractivity contribution in [1.29, 1.82) is 0 Å². The number of anilines is 2. The molecule has 0 spiro atoms. The van der Waals surface area contributed by atoms with E-state index >= 15 is 0 Å². The van der Waals surface area contributed by atoms with Crippen molar-refractivity contribution in [2.75, 3.05) is 11.4 Å². The zero-order valence-electron chi connectivity index (χ0n) is 20.5. The van der Waals surface area contributed by atoms with Crippen LogP contribution in [0.1, 0.15) is 31.9 Å². The number of aryl methyl sites for hydroxylation is 1. The average Bonchev–Trinajstić information content (AvgIpc) is 3.06.